The molecule has 0 fully saturated rings. The summed E-state index contributed by atoms with van der Waals surface area (Å²) in [6, 6.07) is 22.1. The smallest absolute Gasteiger partial charge is 0.0648 e. The van der Waals surface area contributed by atoms with Gasteiger partial charge in [-0.05, 0) is 36.1 Å². The van der Waals surface area contributed by atoms with E-state index in [0.717, 1.165) is 27.4 Å². The summed E-state index contributed by atoms with van der Waals surface area (Å²) in [5.74, 6) is 0. The molecule has 3 heteroatoms. The van der Waals surface area contributed by atoms with Crippen LogP contribution in [0.5, 0.6) is 0 Å². The van der Waals surface area contributed by atoms with Gasteiger partial charge in [-0.2, -0.15) is 5.10 Å². The third kappa shape index (κ3) is 3.06. The van der Waals surface area contributed by atoms with Gasteiger partial charge in [-0.25, -0.2) is 0 Å². The summed E-state index contributed by atoms with van der Waals surface area (Å²) in [6.07, 6.45) is 0. The summed E-state index contributed by atoms with van der Waals surface area (Å²) in [4.78, 5) is 0. The molecule has 0 unspecified atom stereocenters. The van der Waals surface area contributed by atoms with Crippen molar-refractivity contribution < 1.29 is 0 Å². The van der Waals surface area contributed by atoms with Crippen molar-refractivity contribution in [1.29, 1.82) is 0 Å². The standard InChI is InChI=1S/C18H15ClN2/c1-13(14-9-11-16(19)12-10-14)20-21-18-8-4-6-15-5-2-3-7-17(15)18/h2-12,21H,1H3/b20-13+. The fraction of sp³-hybridized carbons (Fsp3) is 0.0556. The van der Waals surface area contributed by atoms with Gasteiger partial charge in [-0.15, -0.1) is 0 Å². The zero-order valence-corrected chi connectivity index (χ0v) is 12.4. The van der Waals surface area contributed by atoms with Crippen LogP contribution in [0.15, 0.2) is 71.8 Å². The molecule has 0 aromatic heterocycles. The van der Waals surface area contributed by atoms with E-state index >= 15 is 0 Å². The van der Waals surface area contributed by atoms with Gasteiger partial charge in [-0.1, -0.05) is 60.1 Å². The van der Waals surface area contributed by atoms with Crippen LogP contribution < -0.4 is 5.43 Å². The first-order chi connectivity index (χ1) is 10.2. The lowest BCUT2D eigenvalue weighted by Gasteiger charge is -2.07. The summed E-state index contributed by atoms with van der Waals surface area (Å²) >= 11 is 5.90. The molecule has 0 radical (unpaired) electrons. The Bertz CT molecular complexity index is 786. The lowest BCUT2D eigenvalue weighted by atomic mass is 10.1. The van der Waals surface area contributed by atoms with E-state index in [0.29, 0.717) is 0 Å². The van der Waals surface area contributed by atoms with Crippen LogP contribution in [0.25, 0.3) is 10.8 Å². The normalized spacial score (nSPS) is 11.6. The van der Waals surface area contributed by atoms with E-state index in [1.165, 1.54) is 5.39 Å². The maximum atomic E-state index is 5.90. The number of rotatable bonds is 3. The molecule has 0 amide bonds. The summed E-state index contributed by atoms with van der Waals surface area (Å²) in [5.41, 5.74) is 6.12. The molecule has 3 aromatic carbocycles. The lowest BCUT2D eigenvalue weighted by molar-refractivity contribution is 1.33. The summed E-state index contributed by atoms with van der Waals surface area (Å²) in [6.45, 7) is 1.97. The first-order valence-corrected chi connectivity index (χ1v) is 7.16. The number of hydrazone groups is 1. The molecule has 0 saturated heterocycles. The van der Waals surface area contributed by atoms with Gasteiger partial charge < -0.3 is 0 Å². The van der Waals surface area contributed by atoms with Gasteiger partial charge >= 0.3 is 0 Å². The van der Waals surface area contributed by atoms with Crippen LogP contribution in [0, 0.1) is 0 Å². The molecule has 2 nitrogen and oxygen atoms in total. The minimum atomic E-state index is 0.730. The Morgan fingerprint density at radius 1 is 0.905 bits per heavy atom. The lowest BCUT2D eigenvalue weighted by Crippen LogP contribution is -1.99. The Morgan fingerprint density at radius 3 is 2.43 bits per heavy atom. The van der Waals surface area contributed by atoms with Crippen molar-refractivity contribution in [3.63, 3.8) is 0 Å². The summed E-state index contributed by atoms with van der Waals surface area (Å²) in [7, 11) is 0. The first kappa shape index (κ1) is 13.7. The molecule has 104 valence electrons. The number of benzene rings is 3. The quantitative estimate of drug-likeness (QED) is 0.512. The molecular weight excluding hydrogens is 280 g/mol. The molecule has 3 rings (SSSR count). The Kier molecular flexibility index (Phi) is 3.89. The average Bonchev–Trinajstić information content (AvgIpc) is 2.53. The fourth-order valence-electron chi connectivity index (χ4n) is 2.22. The highest BCUT2D eigenvalue weighted by Crippen LogP contribution is 2.23. The zero-order chi connectivity index (χ0) is 14.7. The highest BCUT2D eigenvalue weighted by Gasteiger charge is 2.00. The van der Waals surface area contributed by atoms with Gasteiger partial charge in [0.25, 0.3) is 0 Å². The number of anilines is 1. The van der Waals surface area contributed by atoms with Crippen LogP contribution >= 0.6 is 11.6 Å². The van der Waals surface area contributed by atoms with Gasteiger partial charge in [-0.3, -0.25) is 5.43 Å². The van der Waals surface area contributed by atoms with Gasteiger partial charge in [0.15, 0.2) is 0 Å². The van der Waals surface area contributed by atoms with Crippen molar-refractivity contribution in [2.24, 2.45) is 5.10 Å². The van der Waals surface area contributed by atoms with Crippen molar-refractivity contribution in [3.8, 4) is 0 Å². The van der Waals surface area contributed by atoms with Crippen LogP contribution in [0.2, 0.25) is 5.02 Å². The van der Waals surface area contributed by atoms with Crippen LogP contribution in [-0.2, 0) is 0 Å². The highest BCUT2D eigenvalue weighted by atomic mass is 35.5. The van der Waals surface area contributed by atoms with E-state index in [-0.39, 0.29) is 0 Å². The van der Waals surface area contributed by atoms with Crippen molar-refractivity contribution in [3.05, 3.63) is 77.3 Å². The number of fused-ring (bicyclic) bond motifs is 1. The SMILES string of the molecule is C/C(=N\Nc1cccc2ccccc12)c1ccc(Cl)cc1. The van der Waals surface area contributed by atoms with Gasteiger partial charge in [0, 0.05) is 10.4 Å². The van der Waals surface area contributed by atoms with Gasteiger partial charge in [0.05, 0.1) is 11.4 Å². The predicted molar refractivity (Wildman–Crippen MR) is 91.2 cm³/mol. The maximum Gasteiger partial charge on any atom is 0.0648 e. The third-order valence-corrected chi connectivity index (χ3v) is 3.65. The molecule has 0 atom stereocenters. The molecule has 0 bridgehead atoms. The third-order valence-electron chi connectivity index (χ3n) is 3.40. The number of nitrogens with one attached hydrogen (secondary N) is 1. The van der Waals surface area contributed by atoms with Crippen molar-refractivity contribution in [1.82, 2.24) is 0 Å². The summed E-state index contributed by atoms with van der Waals surface area (Å²) in [5, 5.41) is 7.55. The molecule has 21 heavy (non-hydrogen) atoms. The molecule has 0 aliphatic heterocycles. The number of nitrogens with zero attached hydrogens (tertiary/aromatic N) is 1. The van der Waals surface area contributed by atoms with E-state index in [2.05, 4.69) is 28.7 Å². The topological polar surface area (TPSA) is 24.4 Å². The molecule has 0 saturated carbocycles. The van der Waals surface area contributed by atoms with E-state index in [1.807, 2.05) is 55.5 Å². The van der Waals surface area contributed by atoms with Crippen molar-refractivity contribution in [2.75, 3.05) is 5.43 Å². The largest absolute Gasteiger partial charge is 0.278 e. The van der Waals surface area contributed by atoms with E-state index in [1.54, 1.807) is 0 Å². The molecule has 0 spiro atoms. The van der Waals surface area contributed by atoms with Crippen LogP contribution in [0.4, 0.5) is 5.69 Å². The molecule has 0 aliphatic carbocycles. The number of hydrogen-bond donors (Lipinski definition) is 1. The Labute approximate surface area is 129 Å². The van der Waals surface area contributed by atoms with Crippen LogP contribution in [-0.4, -0.2) is 5.71 Å². The second-order valence-electron chi connectivity index (χ2n) is 4.84. The van der Waals surface area contributed by atoms with E-state index in [9.17, 15) is 0 Å². The number of hydrogen-bond acceptors (Lipinski definition) is 2. The Hall–Kier alpha value is -2.32. The summed E-state index contributed by atoms with van der Waals surface area (Å²) < 4.78 is 0. The molecule has 1 N–H and O–H groups in total. The van der Waals surface area contributed by atoms with Crippen molar-refractivity contribution in [2.45, 2.75) is 6.92 Å². The minimum absolute atomic E-state index is 0.730. The second-order valence-corrected chi connectivity index (χ2v) is 5.28. The molecular formula is C18H15ClN2. The second kappa shape index (κ2) is 5.98. The average molecular weight is 295 g/mol. The van der Waals surface area contributed by atoms with Crippen LogP contribution in [0.3, 0.4) is 0 Å². The fourth-order valence-corrected chi connectivity index (χ4v) is 2.35. The van der Waals surface area contributed by atoms with E-state index in [4.69, 9.17) is 11.6 Å². The van der Waals surface area contributed by atoms with Crippen LogP contribution in [0.1, 0.15) is 12.5 Å². The van der Waals surface area contributed by atoms with E-state index < -0.39 is 0 Å². The molecule has 3 aromatic rings. The number of halogens is 1. The van der Waals surface area contributed by atoms with Crippen molar-refractivity contribution >= 4 is 33.8 Å². The maximum absolute atomic E-state index is 5.90. The zero-order valence-electron chi connectivity index (χ0n) is 11.7. The van der Waals surface area contributed by atoms with Gasteiger partial charge in [0.2, 0.25) is 0 Å². The van der Waals surface area contributed by atoms with Gasteiger partial charge in [0.1, 0.15) is 0 Å². The predicted octanol–water partition coefficient (Wildman–Crippen LogP) is 5.33. The highest BCUT2D eigenvalue weighted by molar-refractivity contribution is 6.30. The Balaban J connectivity index is 1.88. The minimum Gasteiger partial charge on any atom is -0.278 e. The first-order valence-electron chi connectivity index (χ1n) is 6.78. The Morgan fingerprint density at radius 2 is 1.62 bits per heavy atom. The molecule has 0 heterocycles. The molecule has 0 aliphatic rings. The monoisotopic (exact) mass is 294 g/mol.